The van der Waals surface area contributed by atoms with E-state index in [9.17, 15) is 0 Å². The zero-order valence-electron chi connectivity index (χ0n) is 9.69. The van der Waals surface area contributed by atoms with Crippen molar-refractivity contribution in [2.45, 2.75) is 24.7 Å². The summed E-state index contributed by atoms with van der Waals surface area (Å²) < 4.78 is 11.0. The fourth-order valence-corrected chi connectivity index (χ4v) is 3.02. The Hall–Kier alpha value is -1.44. The van der Waals surface area contributed by atoms with Crippen LogP contribution in [0.5, 0.6) is 11.5 Å². The molecule has 2 unspecified atom stereocenters. The smallest absolute Gasteiger partial charge is 0.123 e. The molecule has 0 spiro atoms. The van der Waals surface area contributed by atoms with Gasteiger partial charge in [0.15, 0.2) is 0 Å². The Morgan fingerprint density at radius 1 is 0.875 bits per heavy atom. The van der Waals surface area contributed by atoms with Gasteiger partial charge < -0.3 is 9.47 Å². The molecule has 0 fully saturated rings. The lowest BCUT2D eigenvalue weighted by Gasteiger charge is -2.35. The lowest BCUT2D eigenvalue weighted by atomic mass is 9.71. The van der Waals surface area contributed by atoms with Crippen molar-refractivity contribution in [3.05, 3.63) is 35.4 Å². The topological polar surface area (TPSA) is 18.5 Å². The standard InChI is InChI=1S/C14H16O2/c1-15-11-7-8-12(16-2)14-10-5-3-9(4-6-10)13(11)14/h3,5,7-10H,4,6H2,1-2H3. The molecule has 2 atom stereocenters. The first-order chi connectivity index (χ1) is 7.85. The molecule has 4 rings (SSSR count). The minimum Gasteiger partial charge on any atom is -0.496 e. The summed E-state index contributed by atoms with van der Waals surface area (Å²) in [5, 5.41) is 0. The molecule has 0 N–H and O–H groups in total. The number of hydrogen-bond acceptors (Lipinski definition) is 2. The van der Waals surface area contributed by atoms with E-state index in [-0.39, 0.29) is 0 Å². The molecule has 0 heterocycles. The van der Waals surface area contributed by atoms with Crippen LogP contribution in [0.3, 0.4) is 0 Å². The fraction of sp³-hybridized carbons (Fsp3) is 0.429. The van der Waals surface area contributed by atoms with Crippen molar-refractivity contribution in [2.75, 3.05) is 14.2 Å². The van der Waals surface area contributed by atoms with E-state index in [2.05, 4.69) is 12.2 Å². The molecule has 84 valence electrons. The molecule has 2 heteroatoms. The van der Waals surface area contributed by atoms with Gasteiger partial charge in [0.1, 0.15) is 11.5 Å². The van der Waals surface area contributed by atoms with Crippen molar-refractivity contribution < 1.29 is 9.47 Å². The van der Waals surface area contributed by atoms with Crippen LogP contribution in [0.25, 0.3) is 0 Å². The lowest BCUT2D eigenvalue weighted by Crippen LogP contribution is -2.18. The maximum Gasteiger partial charge on any atom is 0.123 e. The van der Waals surface area contributed by atoms with E-state index < -0.39 is 0 Å². The number of hydrogen-bond donors (Lipinski definition) is 0. The minimum absolute atomic E-state index is 0.519. The van der Waals surface area contributed by atoms with Gasteiger partial charge in [-0.2, -0.15) is 0 Å². The molecule has 0 radical (unpaired) electrons. The van der Waals surface area contributed by atoms with Crippen molar-refractivity contribution in [3.63, 3.8) is 0 Å². The zero-order chi connectivity index (χ0) is 11.1. The number of ether oxygens (including phenoxy) is 2. The number of benzene rings is 1. The average molecular weight is 216 g/mol. The van der Waals surface area contributed by atoms with Crippen LogP contribution in [-0.4, -0.2) is 14.2 Å². The van der Waals surface area contributed by atoms with Crippen molar-refractivity contribution in [1.29, 1.82) is 0 Å². The molecule has 0 amide bonds. The van der Waals surface area contributed by atoms with Gasteiger partial charge in [-0.15, -0.1) is 0 Å². The summed E-state index contributed by atoms with van der Waals surface area (Å²) in [6, 6.07) is 4.04. The van der Waals surface area contributed by atoms with Gasteiger partial charge in [0.05, 0.1) is 14.2 Å². The monoisotopic (exact) mass is 216 g/mol. The Labute approximate surface area is 95.9 Å². The van der Waals surface area contributed by atoms with Crippen molar-refractivity contribution in [3.8, 4) is 11.5 Å². The van der Waals surface area contributed by atoms with Crippen LogP contribution in [-0.2, 0) is 0 Å². The highest BCUT2D eigenvalue weighted by molar-refractivity contribution is 5.58. The first-order valence-electron chi connectivity index (χ1n) is 5.78. The van der Waals surface area contributed by atoms with E-state index >= 15 is 0 Å². The molecule has 16 heavy (non-hydrogen) atoms. The maximum atomic E-state index is 5.48. The van der Waals surface area contributed by atoms with Gasteiger partial charge in [0.25, 0.3) is 0 Å². The van der Waals surface area contributed by atoms with Crippen molar-refractivity contribution >= 4 is 0 Å². The third kappa shape index (κ3) is 1.19. The van der Waals surface area contributed by atoms with E-state index in [1.54, 1.807) is 14.2 Å². The highest BCUT2D eigenvalue weighted by Gasteiger charge is 2.33. The van der Waals surface area contributed by atoms with Crippen molar-refractivity contribution in [2.24, 2.45) is 0 Å². The Balaban J connectivity index is 2.24. The average Bonchev–Trinajstić information content (AvgIpc) is 2.38. The maximum absolute atomic E-state index is 5.48. The quantitative estimate of drug-likeness (QED) is 0.706. The third-order valence-corrected chi connectivity index (χ3v) is 3.75. The summed E-state index contributed by atoms with van der Waals surface area (Å²) in [4.78, 5) is 0. The largest absolute Gasteiger partial charge is 0.496 e. The Morgan fingerprint density at radius 2 is 1.31 bits per heavy atom. The summed E-state index contributed by atoms with van der Waals surface area (Å²) in [7, 11) is 3.49. The Bertz CT molecular complexity index is 407. The van der Waals surface area contributed by atoms with Crippen LogP contribution in [0.2, 0.25) is 0 Å². The first-order valence-corrected chi connectivity index (χ1v) is 5.78. The number of rotatable bonds is 2. The summed E-state index contributed by atoms with van der Waals surface area (Å²) in [6.07, 6.45) is 7.10. The van der Waals surface area contributed by atoms with Gasteiger partial charge in [0.2, 0.25) is 0 Å². The van der Waals surface area contributed by atoms with E-state index in [1.165, 1.54) is 24.0 Å². The number of allylic oxidation sites excluding steroid dienone is 2. The molecule has 3 aliphatic rings. The predicted octanol–water partition coefficient (Wildman–Crippen LogP) is 3.23. The van der Waals surface area contributed by atoms with Crippen LogP contribution in [0, 0.1) is 0 Å². The Morgan fingerprint density at radius 3 is 1.62 bits per heavy atom. The summed E-state index contributed by atoms with van der Waals surface area (Å²) in [5.74, 6) is 3.06. The minimum atomic E-state index is 0.519. The van der Waals surface area contributed by atoms with Crippen LogP contribution >= 0.6 is 0 Å². The molecule has 0 aliphatic heterocycles. The third-order valence-electron chi connectivity index (χ3n) is 3.75. The van der Waals surface area contributed by atoms with E-state index in [0.717, 1.165) is 11.5 Å². The summed E-state index contributed by atoms with van der Waals surface area (Å²) in [5.41, 5.74) is 2.70. The second-order valence-corrected chi connectivity index (χ2v) is 4.47. The van der Waals surface area contributed by atoms with Crippen LogP contribution in [0.4, 0.5) is 0 Å². The number of fused-ring (bicyclic) bond motifs is 1. The molecule has 0 saturated carbocycles. The highest BCUT2D eigenvalue weighted by Crippen LogP contribution is 2.51. The van der Waals surface area contributed by atoms with Crippen LogP contribution < -0.4 is 9.47 Å². The predicted molar refractivity (Wildman–Crippen MR) is 63.4 cm³/mol. The fourth-order valence-electron chi connectivity index (χ4n) is 3.02. The van der Waals surface area contributed by atoms with Gasteiger partial charge in [0, 0.05) is 23.0 Å². The summed E-state index contributed by atoms with van der Waals surface area (Å²) in [6.45, 7) is 0. The van der Waals surface area contributed by atoms with E-state index in [1.807, 2.05) is 12.1 Å². The van der Waals surface area contributed by atoms with E-state index in [4.69, 9.17) is 9.47 Å². The lowest BCUT2D eigenvalue weighted by molar-refractivity contribution is 0.379. The van der Waals surface area contributed by atoms with Gasteiger partial charge in [-0.25, -0.2) is 0 Å². The molecule has 1 aromatic carbocycles. The molecular formula is C14H16O2. The molecule has 0 aromatic heterocycles. The molecule has 3 aliphatic carbocycles. The second kappa shape index (κ2) is 3.55. The molecule has 1 aromatic rings. The molecular weight excluding hydrogens is 200 g/mol. The summed E-state index contributed by atoms with van der Waals surface area (Å²) >= 11 is 0. The highest BCUT2D eigenvalue weighted by atomic mass is 16.5. The van der Waals surface area contributed by atoms with Gasteiger partial charge >= 0.3 is 0 Å². The van der Waals surface area contributed by atoms with Gasteiger partial charge in [-0.1, -0.05) is 12.2 Å². The first kappa shape index (κ1) is 9.76. The second-order valence-electron chi connectivity index (χ2n) is 4.47. The van der Waals surface area contributed by atoms with Gasteiger partial charge in [-0.3, -0.25) is 0 Å². The SMILES string of the molecule is COc1ccc(OC)c2c1C1C=CC2CC1. The van der Waals surface area contributed by atoms with Gasteiger partial charge in [-0.05, 0) is 25.0 Å². The Kier molecular flexibility index (Phi) is 2.16. The van der Waals surface area contributed by atoms with Crippen LogP contribution in [0.15, 0.2) is 24.3 Å². The zero-order valence-corrected chi connectivity index (χ0v) is 9.69. The normalized spacial score (nSPS) is 25.4. The number of methoxy groups -OCH3 is 2. The van der Waals surface area contributed by atoms with Crippen LogP contribution in [0.1, 0.15) is 35.8 Å². The molecule has 2 bridgehead atoms. The molecule has 2 nitrogen and oxygen atoms in total. The molecule has 0 saturated heterocycles. The van der Waals surface area contributed by atoms with E-state index in [0.29, 0.717) is 11.8 Å². The van der Waals surface area contributed by atoms with Crippen molar-refractivity contribution in [1.82, 2.24) is 0 Å².